The maximum atomic E-state index is 14.3. The second kappa shape index (κ2) is 14.6. The zero-order valence-electron chi connectivity index (χ0n) is 25.1. The number of hydrogen-bond donors (Lipinski definition) is 1. The smallest absolute Gasteiger partial charge is 0.309 e. The van der Waals surface area contributed by atoms with E-state index in [0.717, 1.165) is 27.8 Å². The molecule has 10 heteroatoms. The van der Waals surface area contributed by atoms with Crippen molar-refractivity contribution in [2.45, 2.75) is 26.3 Å². The normalized spacial score (nSPS) is 13.3. The quantitative estimate of drug-likeness (QED) is 0.251. The summed E-state index contributed by atoms with van der Waals surface area (Å²) in [6, 6.07) is 11.7. The van der Waals surface area contributed by atoms with Crippen LogP contribution in [0.2, 0.25) is 0 Å². The van der Waals surface area contributed by atoms with E-state index in [0.29, 0.717) is 41.7 Å². The molecule has 1 N–H and O–H groups in total. The van der Waals surface area contributed by atoms with E-state index < -0.39 is 0 Å². The second-order valence-corrected chi connectivity index (χ2v) is 10.3. The van der Waals surface area contributed by atoms with Gasteiger partial charge in [0.2, 0.25) is 11.7 Å². The molecule has 1 aliphatic rings. The maximum absolute atomic E-state index is 14.3. The summed E-state index contributed by atoms with van der Waals surface area (Å²) in [5.74, 6) is 0.912. The van der Waals surface area contributed by atoms with Crippen LogP contribution < -0.4 is 19.5 Å². The Morgan fingerprint density at radius 3 is 2.42 bits per heavy atom. The Morgan fingerprint density at radius 2 is 1.77 bits per heavy atom. The fourth-order valence-electron chi connectivity index (χ4n) is 4.75. The minimum absolute atomic E-state index is 0.0702. The summed E-state index contributed by atoms with van der Waals surface area (Å²) >= 11 is 0. The van der Waals surface area contributed by atoms with Crippen LogP contribution in [0.5, 0.6) is 17.2 Å². The highest BCUT2D eigenvalue weighted by Crippen LogP contribution is 2.45. The molecule has 0 fully saturated rings. The van der Waals surface area contributed by atoms with E-state index in [1.54, 1.807) is 36.6 Å². The van der Waals surface area contributed by atoms with Crippen LogP contribution in [0.1, 0.15) is 42.2 Å². The lowest BCUT2D eigenvalue weighted by Crippen LogP contribution is -2.22. The summed E-state index contributed by atoms with van der Waals surface area (Å²) in [4.78, 5) is 26.8. The molecule has 3 aromatic rings. The van der Waals surface area contributed by atoms with E-state index >= 15 is 0 Å². The van der Waals surface area contributed by atoms with Gasteiger partial charge in [0.15, 0.2) is 11.5 Å². The van der Waals surface area contributed by atoms with Crippen LogP contribution in [-0.4, -0.2) is 64.8 Å². The number of hydrogen-bond acceptors (Lipinski definition) is 8. The van der Waals surface area contributed by atoms with Crippen LogP contribution in [0.4, 0.5) is 4.39 Å². The fourth-order valence-corrected chi connectivity index (χ4v) is 4.75. The maximum Gasteiger partial charge on any atom is 0.309 e. The average molecular weight is 593 g/mol. The first-order valence-corrected chi connectivity index (χ1v) is 13.9. The van der Waals surface area contributed by atoms with E-state index in [1.165, 1.54) is 26.4 Å². The number of fused-ring (bicyclic) bond motifs is 1. The van der Waals surface area contributed by atoms with Crippen molar-refractivity contribution in [2.24, 2.45) is 0 Å². The minimum atomic E-state index is -0.382. The molecule has 43 heavy (non-hydrogen) atoms. The number of carbonyl (C=O) groups is 2. The van der Waals surface area contributed by atoms with Crippen molar-refractivity contribution < 1.29 is 37.3 Å². The van der Waals surface area contributed by atoms with Gasteiger partial charge >= 0.3 is 5.97 Å². The first-order chi connectivity index (χ1) is 20.7. The van der Waals surface area contributed by atoms with Crippen LogP contribution in [0.25, 0.3) is 17.2 Å². The summed E-state index contributed by atoms with van der Waals surface area (Å²) < 4.78 is 42.0. The molecular formula is C33H37FN2O7. The summed E-state index contributed by atoms with van der Waals surface area (Å²) in [6.07, 6.45) is 3.64. The molecule has 2 aromatic carbocycles. The second-order valence-electron chi connectivity index (χ2n) is 10.3. The molecule has 4 rings (SSSR count). The third kappa shape index (κ3) is 8.04. The Labute approximate surface area is 250 Å². The number of benzene rings is 2. The number of nitrogens with zero attached hydrogens (tertiary/aromatic N) is 1. The highest BCUT2D eigenvalue weighted by Gasteiger charge is 2.26. The van der Waals surface area contributed by atoms with Gasteiger partial charge in [-0.1, -0.05) is 6.07 Å². The molecule has 1 heterocycles. The number of amides is 1. The number of halogens is 1. The molecular weight excluding hydrogens is 555 g/mol. The molecule has 0 radical (unpaired) electrons. The summed E-state index contributed by atoms with van der Waals surface area (Å²) in [7, 11) is 6.85. The molecule has 0 saturated carbocycles. The number of methoxy groups -OCH3 is 2. The van der Waals surface area contributed by atoms with E-state index in [-0.39, 0.29) is 43.7 Å². The lowest BCUT2D eigenvalue weighted by atomic mass is 10.00. The molecule has 0 bridgehead atoms. The predicted molar refractivity (Wildman–Crippen MR) is 161 cm³/mol. The Hall–Kier alpha value is -4.57. The van der Waals surface area contributed by atoms with Gasteiger partial charge < -0.3 is 33.6 Å². The minimum Gasteiger partial charge on any atom is -0.493 e. The molecule has 0 unspecified atom stereocenters. The zero-order chi connectivity index (χ0) is 30.9. The summed E-state index contributed by atoms with van der Waals surface area (Å²) in [6.45, 7) is 3.22. The van der Waals surface area contributed by atoms with Crippen molar-refractivity contribution in [3.05, 3.63) is 82.6 Å². The highest BCUT2D eigenvalue weighted by molar-refractivity contribution is 6.08. The average Bonchev–Trinajstić information content (AvgIpc) is 3.59. The predicted octanol–water partition coefficient (Wildman–Crippen LogP) is 5.34. The van der Waals surface area contributed by atoms with E-state index in [1.807, 2.05) is 32.0 Å². The first kappa shape index (κ1) is 31.4. The van der Waals surface area contributed by atoms with Gasteiger partial charge in [-0.25, -0.2) is 4.39 Å². The van der Waals surface area contributed by atoms with Gasteiger partial charge in [-0.15, -0.1) is 0 Å². The Balaban J connectivity index is 1.55. The SMILES string of the molecule is COc1cc(C=C2C(C)=C(CC(=O)NCc3ccco3)c3cc(F)ccc32)cc(OC)c1OCCC(=O)OCCN(C)C. The van der Waals surface area contributed by atoms with E-state index in [9.17, 15) is 14.0 Å². The molecule has 9 nitrogen and oxygen atoms in total. The number of rotatable bonds is 14. The third-order valence-electron chi connectivity index (χ3n) is 6.98. The van der Waals surface area contributed by atoms with Crippen molar-refractivity contribution in [3.8, 4) is 17.2 Å². The Bertz CT molecular complexity index is 1480. The van der Waals surface area contributed by atoms with Crippen molar-refractivity contribution in [1.29, 1.82) is 0 Å². The molecule has 0 saturated heterocycles. The number of carbonyl (C=O) groups excluding carboxylic acids is 2. The molecule has 0 atom stereocenters. The van der Waals surface area contributed by atoms with Gasteiger partial charge in [0, 0.05) is 6.54 Å². The summed E-state index contributed by atoms with van der Waals surface area (Å²) in [5, 5.41) is 2.86. The van der Waals surface area contributed by atoms with Gasteiger partial charge in [-0.3, -0.25) is 9.59 Å². The lowest BCUT2D eigenvalue weighted by molar-refractivity contribution is -0.144. The topological polar surface area (TPSA) is 99.5 Å². The van der Waals surface area contributed by atoms with Gasteiger partial charge in [-0.05, 0) is 96.9 Å². The summed E-state index contributed by atoms with van der Waals surface area (Å²) in [5.41, 5.74) is 4.69. The van der Waals surface area contributed by atoms with Crippen LogP contribution >= 0.6 is 0 Å². The van der Waals surface area contributed by atoms with Crippen molar-refractivity contribution in [1.82, 2.24) is 10.2 Å². The number of nitrogens with one attached hydrogen (secondary N) is 1. The van der Waals surface area contributed by atoms with E-state index in [4.69, 9.17) is 23.4 Å². The number of furan rings is 1. The van der Waals surface area contributed by atoms with Crippen LogP contribution in [-0.2, 0) is 20.9 Å². The van der Waals surface area contributed by atoms with E-state index in [2.05, 4.69) is 5.32 Å². The molecule has 1 aliphatic carbocycles. The number of ether oxygens (including phenoxy) is 4. The van der Waals surface area contributed by atoms with Crippen molar-refractivity contribution in [3.63, 3.8) is 0 Å². The standard InChI is InChI=1S/C33H37FN2O7/c1-21-26(25-9-8-23(34)18-28(25)27(21)19-31(37)35-20-24-7-6-12-41-24)15-22-16-29(39-4)33(30(17-22)40-5)43-13-10-32(38)42-14-11-36(2)3/h6-9,12,15-18H,10-11,13-14,19-20H2,1-5H3,(H,35,37). The molecule has 1 amide bonds. The first-order valence-electron chi connectivity index (χ1n) is 13.9. The highest BCUT2D eigenvalue weighted by atomic mass is 19.1. The number of allylic oxidation sites excluding steroid dienone is 2. The number of esters is 1. The molecule has 228 valence electrons. The third-order valence-corrected chi connectivity index (χ3v) is 6.98. The Morgan fingerprint density at radius 1 is 1.02 bits per heavy atom. The molecule has 0 spiro atoms. The van der Waals surface area contributed by atoms with Gasteiger partial charge in [-0.2, -0.15) is 0 Å². The van der Waals surface area contributed by atoms with Gasteiger partial charge in [0.1, 0.15) is 18.2 Å². The molecule has 0 aliphatic heterocycles. The monoisotopic (exact) mass is 592 g/mol. The van der Waals surface area contributed by atoms with Gasteiger partial charge in [0.25, 0.3) is 0 Å². The van der Waals surface area contributed by atoms with Crippen LogP contribution in [0.3, 0.4) is 0 Å². The van der Waals surface area contributed by atoms with Gasteiger partial charge in [0.05, 0.1) is 46.5 Å². The van der Waals surface area contributed by atoms with Crippen molar-refractivity contribution >= 4 is 29.1 Å². The zero-order valence-corrected chi connectivity index (χ0v) is 25.1. The fraction of sp³-hybridized carbons (Fsp3) is 0.333. The van der Waals surface area contributed by atoms with Crippen LogP contribution in [0.15, 0.2) is 58.7 Å². The van der Waals surface area contributed by atoms with Crippen molar-refractivity contribution in [2.75, 3.05) is 48.1 Å². The van der Waals surface area contributed by atoms with Crippen LogP contribution in [0, 0.1) is 5.82 Å². The Kier molecular flexibility index (Phi) is 10.6. The number of likely N-dealkylation sites (N-methyl/N-ethyl adjacent to an activating group) is 1. The molecule has 1 aromatic heterocycles. The largest absolute Gasteiger partial charge is 0.493 e. The lowest BCUT2D eigenvalue weighted by Gasteiger charge is -2.16.